The van der Waals surface area contributed by atoms with E-state index < -0.39 is 18.6 Å². The molecule has 0 aliphatic carbocycles. The number of aliphatic hydroxyl groups is 1. The summed E-state index contributed by atoms with van der Waals surface area (Å²) in [7, 11) is 0. The quantitative estimate of drug-likeness (QED) is 0.790. The molecule has 1 aromatic rings. The van der Waals surface area contributed by atoms with E-state index in [9.17, 15) is 8.78 Å². The van der Waals surface area contributed by atoms with Crippen molar-refractivity contribution in [1.29, 1.82) is 5.26 Å². The highest BCUT2D eigenvalue weighted by Gasteiger charge is 2.37. The Bertz CT molecular complexity index is 387. The van der Waals surface area contributed by atoms with Crippen LogP contribution >= 0.6 is 0 Å². The Morgan fingerprint density at radius 3 is 2.73 bits per heavy atom. The Morgan fingerprint density at radius 2 is 2.20 bits per heavy atom. The lowest BCUT2D eigenvalue weighted by atomic mass is 10.0. The molecule has 0 spiro atoms. The normalized spacial score (nSPS) is 13.3. The number of benzene rings is 1. The van der Waals surface area contributed by atoms with Gasteiger partial charge >= 0.3 is 0 Å². The first-order valence-corrected chi connectivity index (χ1v) is 4.25. The Labute approximate surface area is 85.7 Å². The molecule has 0 fully saturated rings. The van der Waals surface area contributed by atoms with Crippen molar-refractivity contribution in [3.63, 3.8) is 0 Å². The van der Waals surface area contributed by atoms with E-state index in [4.69, 9.17) is 16.1 Å². The molecule has 1 atom stereocenters. The van der Waals surface area contributed by atoms with E-state index in [1.54, 1.807) is 0 Å². The van der Waals surface area contributed by atoms with Crippen molar-refractivity contribution in [2.75, 3.05) is 6.61 Å². The van der Waals surface area contributed by atoms with Gasteiger partial charge in [0.1, 0.15) is 6.61 Å². The standard InChI is InChI=1S/C10H10F2N2O/c11-10(12,6-15)9(14)8-3-1-2-7(4-8)5-13/h1-4,9,15H,6,14H2/t9-/m1/s1. The zero-order valence-corrected chi connectivity index (χ0v) is 7.82. The van der Waals surface area contributed by atoms with Gasteiger partial charge in [0.2, 0.25) is 0 Å². The van der Waals surface area contributed by atoms with E-state index in [0.717, 1.165) is 0 Å². The molecule has 0 aliphatic rings. The molecule has 0 aliphatic heterocycles. The van der Waals surface area contributed by atoms with Gasteiger partial charge in [0.25, 0.3) is 5.92 Å². The van der Waals surface area contributed by atoms with Gasteiger partial charge in [0.15, 0.2) is 0 Å². The molecule has 0 unspecified atom stereocenters. The van der Waals surface area contributed by atoms with Gasteiger partial charge in [0.05, 0.1) is 17.7 Å². The number of hydrogen-bond acceptors (Lipinski definition) is 3. The maximum absolute atomic E-state index is 13.0. The summed E-state index contributed by atoms with van der Waals surface area (Å²) >= 11 is 0. The summed E-state index contributed by atoms with van der Waals surface area (Å²) in [6, 6.07) is 5.88. The van der Waals surface area contributed by atoms with Crippen molar-refractivity contribution in [2.24, 2.45) is 5.73 Å². The Balaban J connectivity index is 3.02. The molecule has 3 nitrogen and oxygen atoms in total. The van der Waals surface area contributed by atoms with Gasteiger partial charge in [-0.3, -0.25) is 0 Å². The minimum Gasteiger partial charge on any atom is -0.390 e. The van der Waals surface area contributed by atoms with Crippen molar-refractivity contribution in [3.05, 3.63) is 35.4 Å². The molecule has 5 heteroatoms. The fraction of sp³-hybridized carbons (Fsp3) is 0.300. The minimum absolute atomic E-state index is 0.133. The molecule has 80 valence electrons. The van der Waals surface area contributed by atoms with E-state index >= 15 is 0 Å². The number of alkyl halides is 2. The van der Waals surface area contributed by atoms with Crippen LogP contribution in [-0.4, -0.2) is 17.6 Å². The summed E-state index contributed by atoms with van der Waals surface area (Å²) in [6.45, 7) is -1.31. The summed E-state index contributed by atoms with van der Waals surface area (Å²) < 4.78 is 26.0. The predicted octanol–water partition coefficient (Wildman–Crippen LogP) is 1.19. The highest BCUT2D eigenvalue weighted by atomic mass is 19.3. The maximum Gasteiger partial charge on any atom is 0.289 e. The zero-order chi connectivity index (χ0) is 11.5. The van der Waals surface area contributed by atoms with Crippen molar-refractivity contribution in [1.82, 2.24) is 0 Å². The summed E-state index contributed by atoms with van der Waals surface area (Å²) in [5, 5.41) is 17.0. The Hall–Kier alpha value is -1.51. The second-order valence-electron chi connectivity index (χ2n) is 3.13. The van der Waals surface area contributed by atoms with Crippen LogP contribution in [0.4, 0.5) is 8.78 Å². The van der Waals surface area contributed by atoms with Gasteiger partial charge in [-0.2, -0.15) is 5.26 Å². The second kappa shape index (κ2) is 4.34. The highest BCUT2D eigenvalue weighted by Crippen LogP contribution is 2.28. The molecule has 0 amide bonds. The Morgan fingerprint density at radius 1 is 1.53 bits per heavy atom. The molecule has 0 radical (unpaired) electrons. The lowest BCUT2D eigenvalue weighted by molar-refractivity contribution is -0.0711. The monoisotopic (exact) mass is 212 g/mol. The minimum atomic E-state index is -3.38. The zero-order valence-electron chi connectivity index (χ0n) is 7.82. The van der Waals surface area contributed by atoms with Crippen LogP contribution < -0.4 is 5.73 Å². The van der Waals surface area contributed by atoms with E-state index in [1.807, 2.05) is 6.07 Å². The third-order valence-electron chi connectivity index (χ3n) is 2.04. The highest BCUT2D eigenvalue weighted by molar-refractivity contribution is 5.34. The number of halogens is 2. The largest absolute Gasteiger partial charge is 0.390 e. The fourth-order valence-corrected chi connectivity index (χ4v) is 1.14. The van der Waals surface area contributed by atoms with Crippen LogP contribution in [0.25, 0.3) is 0 Å². The van der Waals surface area contributed by atoms with Gasteiger partial charge in [-0.25, -0.2) is 8.78 Å². The summed E-state index contributed by atoms with van der Waals surface area (Å²) in [5.41, 5.74) is 5.68. The molecule has 3 N–H and O–H groups in total. The molecular weight excluding hydrogens is 202 g/mol. The van der Waals surface area contributed by atoms with Crippen LogP contribution in [0, 0.1) is 11.3 Å². The first-order chi connectivity index (χ1) is 7.01. The number of nitriles is 1. The molecular formula is C10H10F2N2O. The summed E-state index contributed by atoms with van der Waals surface area (Å²) in [4.78, 5) is 0. The molecule has 0 saturated heterocycles. The van der Waals surface area contributed by atoms with Gasteiger partial charge in [-0.15, -0.1) is 0 Å². The van der Waals surface area contributed by atoms with Crippen molar-refractivity contribution in [3.8, 4) is 6.07 Å². The molecule has 1 rings (SSSR count). The van der Waals surface area contributed by atoms with Crippen molar-refractivity contribution < 1.29 is 13.9 Å². The van der Waals surface area contributed by atoms with Crippen LogP contribution in [0.2, 0.25) is 0 Å². The average molecular weight is 212 g/mol. The van der Waals surface area contributed by atoms with Crippen molar-refractivity contribution in [2.45, 2.75) is 12.0 Å². The van der Waals surface area contributed by atoms with E-state index in [0.29, 0.717) is 0 Å². The molecule has 0 aromatic heterocycles. The average Bonchev–Trinajstić information content (AvgIpc) is 2.28. The topological polar surface area (TPSA) is 70.0 Å². The molecule has 0 bridgehead atoms. The first-order valence-electron chi connectivity index (χ1n) is 4.25. The number of hydrogen-bond donors (Lipinski definition) is 2. The SMILES string of the molecule is N#Cc1cccc([C@@H](N)C(F)(F)CO)c1. The maximum atomic E-state index is 13.0. The van der Waals surface area contributed by atoms with Crippen LogP contribution in [0.5, 0.6) is 0 Å². The second-order valence-corrected chi connectivity index (χ2v) is 3.13. The third-order valence-corrected chi connectivity index (χ3v) is 2.04. The van der Waals surface area contributed by atoms with Gasteiger partial charge in [-0.05, 0) is 17.7 Å². The lowest BCUT2D eigenvalue weighted by Crippen LogP contribution is -2.36. The number of rotatable bonds is 3. The number of nitrogens with two attached hydrogens (primary N) is 1. The van der Waals surface area contributed by atoms with E-state index in [2.05, 4.69) is 0 Å². The van der Waals surface area contributed by atoms with Crippen LogP contribution in [-0.2, 0) is 0 Å². The van der Waals surface area contributed by atoms with Gasteiger partial charge < -0.3 is 10.8 Å². The van der Waals surface area contributed by atoms with Crippen LogP contribution in [0.3, 0.4) is 0 Å². The lowest BCUT2D eigenvalue weighted by Gasteiger charge is -2.21. The molecule has 15 heavy (non-hydrogen) atoms. The van der Waals surface area contributed by atoms with Gasteiger partial charge in [0, 0.05) is 0 Å². The molecule has 0 saturated carbocycles. The number of nitrogens with zero attached hydrogens (tertiary/aromatic N) is 1. The van der Waals surface area contributed by atoms with E-state index in [1.165, 1.54) is 24.3 Å². The Kier molecular flexibility index (Phi) is 3.35. The molecule has 1 aromatic carbocycles. The van der Waals surface area contributed by atoms with E-state index in [-0.39, 0.29) is 11.1 Å². The third kappa shape index (κ3) is 2.49. The summed E-state index contributed by atoms with van der Waals surface area (Å²) in [6.07, 6.45) is 0. The predicted molar refractivity (Wildman–Crippen MR) is 50.1 cm³/mol. The van der Waals surface area contributed by atoms with Crippen LogP contribution in [0.1, 0.15) is 17.2 Å². The number of aliphatic hydroxyl groups excluding tert-OH is 1. The van der Waals surface area contributed by atoms with Crippen LogP contribution in [0.15, 0.2) is 24.3 Å². The first kappa shape index (κ1) is 11.6. The smallest absolute Gasteiger partial charge is 0.289 e. The van der Waals surface area contributed by atoms with Gasteiger partial charge in [-0.1, -0.05) is 12.1 Å². The molecule has 0 heterocycles. The summed E-state index contributed by atoms with van der Waals surface area (Å²) in [5.74, 6) is -3.38. The van der Waals surface area contributed by atoms with Crippen molar-refractivity contribution >= 4 is 0 Å². The fourth-order valence-electron chi connectivity index (χ4n) is 1.14.